The van der Waals surface area contributed by atoms with Crippen LogP contribution < -0.4 is 21.3 Å². The molecule has 0 radical (unpaired) electrons. The Morgan fingerprint density at radius 3 is 1.85 bits per heavy atom. The first kappa shape index (κ1) is 35.6. The first-order chi connectivity index (χ1) is 18.7. The van der Waals surface area contributed by atoms with Crippen molar-refractivity contribution in [2.24, 2.45) is 10.8 Å². The van der Waals surface area contributed by atoms with Gasteiger partial charge < -0.3 is 31.3 Å². The summed E-state index contributed by atoms with van der Waals surface area (Å²) in [6.45, 7) is 14.3. The fourth-order valence-electron chi connectivity index (χ4n) is 3.95. The fraction of sp³-hybridized carbons (Fsp3) is 0.633. The number of rotatable bonds is 12. The van der Waals surface area contributed by atoms with E-state index in [0.29, 0.717) is 0 Å². The lowest BCUT2D eigenvalue weighted by atomic mass is 9.85. The van der Waals surface area contributed by atoms with Gasteiger partial charge in [0.05, 0.1) is 18.5 Å². The Hall–Kier alpha value is -3.47. The molecule has 0 bridgehead atoms. The molecule has 2 unspecified atom stereocenters. The van der Waals surface area contributed by atoms with Crippen LogP contribution in [0.5, 0.6) is 0 Å². The quantitative estimate of drug-likeness (QED) is 0.255. The predicted octanol–water partition coefficient (Wildman–Crippen LogP) is 1.66. The van der Waals surface area contributed by atoms with Crippen LogP contribution in [0.4, 0.5) is 0 Å². The Kier molecular flexibility index (Phi) is 13.0. The Bertz CT molecular complexity index is 1060. The van der Waals surface area contributed by atoms with Gasteiger partial charge >= 0.3 is 0 Å². The maximum Gasteiger partial charge on any atom is 0.251 e. The Balaban J connectivity index is 3.04. The molecule has 0 aliphatic carbocycles. The largest absolute Gasteiger partial charge is 0.381 e. The fourth-order valence-corrected chi connectivity index (χ4v) is 3.95. The highest BCUT2D eigenvalue weighted by molar-refractivity contribution is 5.95. The topological polar surface area (TPSA) is 157 Å². The molecule has 0 aliphatic rings. The average Bonchev–Trinajstić information content (AvgIpc) is 2.84. The zero-order valence-corrected chi connectivity index (χ0v) is 26.1. The van der Waals surface area contributed by atoms with E-state index in [4.69, 9.17) is 0 Å². The molecular weight excluding hydrogens is 526 g/mol. The number of aliphatic hydroxyl groups is 1. The van der Waals surface area contributed by atoms with E-state index in [2.05, 4.69) is 21.3 Å². The third-order valence-electron chi connectivity index (χ3n) is 6.41. The third-order valence-corrected chi connectivity index (χ3v) is 6.41. The van der Waals surface area contributed by atoms with Crippen LogP contribution in [0.3, 0.4) is 0 Å². The molecule has 230 valence electrons. The van der Waals surface area contributed by atoms with Gasteiger partial charge in [-0.3, -0.25) is 24.0 Å². The van der Waals surface area contributed by atoms with Crippen molar-refractivity contribution in [3.05, 3.63) is 35.9 Å². The van der Waals surface area contributed by atoms with Crippen LogP contribution in [0, 0.1) is 10.8 Å². The van der Waals surface area contributed by atoms with Crippen LogP contribution in [-0.2, 0) is 24.0 Å². The van der Waals surface area contributed by atoms with Gasteiger partial charge in [-0.05, 0) is 30.2 Å². The molecule has 11 nitrogen and oxygen atoms in total. The minimum Gasteiger partial charge on any atom is -0.381 e. The second-order valence-electron chi connectivity index (χ2n) is 13.0. The van der Waals surface area contributed by atoms with Gasteiger partial charge in [0.25, 0.3) is 5.91 Å². The normalized spacial score (nSPS) is 15.4. The van der Waals surface area contributed by atoms with Gasteiger partial charge in [-0.1, -0.05) is 71.9 Å². The Morgan fingerprint density at radius 2 is 1.37 bits per heavy atom. The van der Waals surface area contributed by atoms with Crippen molar-refractivity contribution in [1.29, 1.82) is 0 Å². The minimum atomic E-state index is -1.59. The van der Waals surface area contributed by atoms with E-state index in [1.54, 1.807) is 27.7 Å². The summed E-state index contributed by atoms with van der Waals surface area (Å²) in [6.07, 6.45) is -1.77. The van der Waals surface area contributed by atoms with Crippen molar-refractivity contribution in [2.75, 3.05) is 14.1 Å². The number of hydrogen-bond donors (Lipinski definition) is 5. The van der Waals surface area contributed by atoms with E-state index in [1.807, 2.05) is 51.1 Å². The molecule has 0 saturated heterocycles. The van der Waals surface area contributed by atoms with Crippen molar-refractivity contribution < 1.29 is 29.1 Å². The van der Waals surface area contributed by atoms with Crippen molar-refractivity contribution in [3.63, 3.8) is 0 Å². The highest BCUT2D eigenvalue weighted by Gasteiger charge is 2.37. The zero-order valence-electron chi connectivity index (χ0n) is 26.1. The van der Waals surface area contributed by atoms with Crippen LogP contribution >= 0.6 is 0 Å². The lowest BCUT2D eigenvalue weighted by Crippen LogP contribution is -2.60. The second-order valence-corrected chi connectivity index (χ2v) is 13.0. The molecule has 5 N–H and O–H groups in total. The van der Waals surface area contributed by atoms with Crippen LogP contribution in [0.1, 0.15) is 79.8 Å². The van der Waals surface area contributed by atoms with Crippen molar-refractivity contribution in [2.45, 2.75) is 98.5 Å². The maximum atomic E-state index is 13.4. The molecule has 0 aliphatic heterocycles. The number of nitrogens with one attached hydrogen (secondary N) is 4. The predicted molar refractivity (Wildman–Crippen MR) is 157 cm³/mol. The molecular formula is C30H49N5O6. The number of carbonyl (C=O) groups is 5. The first-order valence-corrected chi connectivity index (χ1v) is 13.9. The monoisotopic (exact) mass is 575 g/mol. The maximum absolute atomic E-state index is 13.4. The Labute approximate surface area is 244 Å². The molecule has 41 heavy (non-hydrogen) atoms. The van der Waals surface area contributed by atoms with Crippen molar-refractivity contribution in [1.82, 2.24) is 26.2 Å². The van der Waals surface area contributed by atoms with Crippen LogP contribution in [0.2, 0.25) is 0 Å². The molecule has 1 aromatic carbocycles. The average molecular weight is 576 g/mol. The second kappa shape index (κ2) is 15.0. The van der Waals surface area contributed by atoms with E-state index in [0.717, 1.165) is 5.56 Å². The third kappa shape index (κ3) is 12.3. The van der Waals surface area contributed by atoms with Crippen molar-refractivity contribution >= 4 is 29.5 Å². The van der Waals surface area contributed by atoms with Gasteiger partial charge in [0, 0.05) is 20.5 Å². The summed E-state index contributed by atoms with van der Waals surface area (Å²) in [5.74, 6) is -2.80. The lowest BCUT2D eigenvalue weighted by Gasteiger charge is -2.33. The van der Waals surface area contributed by atoms with E-state index in [9.17, 15) is 29.1 Å². The molecule has 1 aromatic rings. The van der Waals surface area contributed by atoms with Gasteiger partial charge in [-0.25, -0.2) is 0 Å². The van der Waals surface area contributed by atoms with Crippen molar-refractivity contribution in [3.8, 4) is 0 Å². The molecule has 0 heterocycles. The van der Waals surface area contributed by atoms with E-state index in [-0.39, 0.29) is 30.2 Å². The highest BCUT2D eigenvalue weighted by atomic mass is 16.3. The number of carbonyl (C=O) groups excluding carboxylic acids is 5. The number of aliphatic hydroxyl groups excluding tert-OH is 1. The summed E-state index contributed by atoms with van der Waals surface area (Å²) in [6, 6.07) is 5.48. The van der Waals surface area contributed by atoms with Gasteiger partial charge in [-0.2, -0.15) is 0 Å². The molecule has 0 saturated carbocycles. The summed E-state index contributed by atoms with van der Waals surface area (Å²) in [7, 11) is 3.04. The van der Waals surface area contributed by atoms with Gasteiger partial charge in [0.2, 0.25) is 23.6 Å². The number of hydrogen-bond acceptors (Lipinski definition) is 6. The molecule has 0 spiro atoms. The zero-order chi connectivity index (χ0) is 31.7. The van der Waals surface area contributed by atoms with Crippen LogP contribution in [0.15, 0.2) is 30.3 Å². The van der Waals surface area contributed by atoms with E-state index >= 15 is 0 Å². The Morgan fingerprint density at radius 1 is 0.805 bits per heavy atom. The smallest absolute Gasteiger partial charge is 0.251 e. The summed E-state index contributed by atoms with van der Waals surface area (Å²) >= 11 is 0. The minimum absolute atomic E-state index is 0.191. The van der Waals surface area contributed by atoms with Gasteiger partial charge in [-0.15, -0.1) is 0 Å². The summed E-state index contributed by atoms with van der Waals surface area (Å²) in [4.78, 5) is 65.8. The molecule has 11 heteroatoms. The van der Waals surface area contributed by atoms with Gasteiger partial charge in [0.1, 0.15) is 12.1 Å². The summed E-state index contributed by atoms with van der Waals surface area (Å²) in [5, 5.41) is 21.3. The lowest BCUT2D eigenvalue weighted by molar-refractivity contribution is -0.138. The molecule has 1 rings (SSSR count). The highest BCUT2D eigenvalue weighted by Crippen LogP contribution is 2.22. The molecule has 5 amide bonds. The van der Waals surface area contributed by atoms with Crippen LogP contribution in [-0.4, -0.2) is 77.9 Å². The molecule has 0 aromatic heterocycles. The van der Waals surface area contributed by atoms with Crippen LogP contribution in [0.25, 0.3) is 0 Å². The summed E-state index contributed by atoms with van der Waals surface area (Å²) in [5.41, 5.74) is -0.162. The number of amides is 5. The molecule has 5 atom stereocenters. The van der Waals surface area contributed by atoms with E-state index in [1.165, 1.54) is 25.9 Å². The number of benzene rings is 1. The summed E-state index contributed by atoms with van der Waals surface area (Å²) < 4.78 is 0. The number of nitrogens with zero attached hydrogens (tertiary/aromatic N) is 1. The SMILES string of the molecule is CC(NC(=O)[C@H](CC(=O)N(C)C)NC(=O)[C@@H](NC(=O)CC(C)(C)C)C(C)(C)C)C(O)C(=O)N[C@@H](C)c1ccccc1. The molecule has 0 fully saturated rings. The van der Waals surface area contributed by atoms with E-state index < -0.39 is 53.3 Å². The van der Waals surface area contributed by atoms with Gasteiger partial charge in [0.15, 0.2) is 6.10 Å². The standard InChI is InChI=1S/C30H49N5O6/c1-18(20-14-12-11-13-15-20)31-27(40)24(38)19(2)32-26(39)21(16-23(37)35(9)10)33-28(41)25(30(6,7)8)34-22(36)17-29(3,4)5/h11-15,18-19,21,24-25,38H,16-17H2,1-10H3,(H,31,40)(H,32,39)(H,33,41)(H,34,36)/t18-,19?,21-,24?,25+/m0/s1. The first-order valence-electron chi connectivity index (χ1n) is 13.9.